The summed E-state index contributed by atoms with van der Waals surface area (Å²) in [6.07, 6.45) is 9.03. The first-order chi connectivity index (χ1) is 10.9. The Hall–Kier alpha value is -0.970. The summed E-state index contributed by atoms with van der Waals surface area (Å²) in [6, 6.07) is 5.88. The SMILES string of the molecule is c1cc(CN2CC[C@H]3[C@H]2CCN3CC2CCOCC2)ccn1. The minimum Gasteiger partial charge on any atom is -0.381 e. The molecule has 0 aliphatic carbocycles. The van der Waals surface area contributed by atoms with Crippen LogP contribution in [0.1, 0.15) is 31.2 Å². The molecule has 0 unspecified atom stereocenters. The number of fused-ring (bicyclic) bond motifs is 1. The zero-order valence-electron chi connectivity index (χ0n) is 13.4. The highest BCUT2D eigenvalue weighted by Gasteiger charge is 2.42. The van der Waals surface area contributed by atoms with E-state index in [4.69, 9.17) is 4.74 Å². The van der Waals surface area contributed by atoms with E-state index in [0.717, 1.165) is 37.8 Å². The van der Waals surface area contributed by atoms with Crippen LogP contribution in [0.15, 0.2) is 24.5 Å². The van der Waals surface area contributed by atoms with Gasteiger partial charge in [0.2, 0.25) is 0 Å². The van der Waals surface area contributed by atoms with Gasteiger partial charge >= 0.3 is 0 Å². The monoisotopic (exact) mass is 301 g/mol. The molecule has 22 heavy (non-hydrogen) atoms. The Kier molecular flexibility index (Phi) is 4.42. The second-order valence-electron chi connectivity index (χ2n) is 7.09. The maximum Gasteiger partial charge on any atom is 0.0469 e. The van der Waals surface area contributed by atoms with Crippen molar-refractivity contribution >= 4 is 0 Å². The molecule has 4 heterocycles. The van der Waals surface area contributed by atoms with Crippen molar-refractivity contribution in [2.75, 3.05) is 32.8 Å². The fraction of sp³-hybridized carbons (Fsp3) is 0.722. The highest BCUT2D eigenvalue weighted by atomic mass is 16.5. The molecule has 3 aliphatic rings. The first kappa shape index (κ1) is 14.6. The third-order valence-electron chi connectivity index (χ3n) is 5.77. The van der Waals surface area contributed by atoms with Crippen LogP contribution >= 0.6 is 0 Å². The average molecular weight is 301 g/mol. The fourth-order valence-corrected chi connectivity index (χ4v) is 4.57. The minimum atomic E-state index is 0.771. The van der Waals surface area contributed by atoms with Gasteiger partial charge in [-0.3, -0.25) is 14.8 Å². The summed E-state index contributed by atoms with van der Waals surface area (Å²) in [5.41, 5.74) is 1.40. The number of pyridine rings is 1. The van der Waals surface area contributed by atoms with Crippen molar-refractivity contribution in [1.29, 1.82) is 0 Å². The van der Waals surface area contributed by atoms with Crippen molar-refractivity contribution in [2.45, 2.75) is 44.3 Å². The van der Waals surface area contributed by atoms with E-state index in [-0.39, 0.29) is 0 Å². The standard InChI is InChI=1S/C18H27N3O/c1-7-19-8-2-15(1)13-20-9-3-18-17(20)4-10-21(18)14-16-5-11-22-12-6-16/h1-2,7-8,16-18H,3-6,9-14H2/t17-,18+/m1/s1. The Balaban J connectivity index is 1.35. The third kappa shape index (κ3) is 3.05. The van der Waals surface area contributed by atoms with Gasteiger partial charge in [-0.2, -0.15) is 0 Å². The molecule has 0 amide bonds. The van der Waals surface area contributed by atoms with E-state index in [1.807, 2.05) is 12.4 Å². The molecule has 4 nitrogen and oxygen atoms in total. The molecule has 3 aliphatic heterocycles. The summed E-state index contributed by atoms with van der Waals surface area (Å²) >= 11 is 0. The Morgan fingerprint density at radius 2 is 1.64 bits per heavy atom. The van der Waals surface area contributed by atoms with Crippen LogP contribution in [0.5, 0.6) is 0 Å². The molecule has 4 heteroatoms. The third-order valence-corrected chi connectivity index (χ3v) is 5.77. The van der Waals surface area contributed by atoms with Gasteiger partial charge in [0.1, 0.15) is 0 Å². The largest absolute Gasteiger partial charge is 0.381 e. The van der Waals surface area contributed by atoms with Gasteiger partial charge in [-0.15, -0.1) is 0 Å². The summed E-state index contributed by atoms with van der Waals surface area (Å²) in [5.74, 6) is 0.863. The molecule has 0 spiro atoms. The molecule has 120 valence electrons. The summed E-state index contributed by atoms with van der Waals surface area (Å²) in [7, 11) is 0. The van der Waals surface area contributed by atoms with Gasteiger partial charge in [0, 0.05) is 63.9 Å². The van der Waals surface area contributed by atoms with Gasteiger partial charge < -0.3 is 4.74 Å². The zero-order valence-corrected chi connectivity index (χ0v) is 13.4. The van der Waals surface area contributed by atoms with E-state index in [1.54, 1.807) is 0 Å². The van der Waals surface area contributed by atoms with E-state index in [1.165, 1.54) is 50.9 Å². The Bertz CT molecular complexity index is 474. The average Bonchev–Trinajstić information content (AvgIpc) is 3.14. The van der Waals surface area contributed by atoms with E-state index < -0.39 is 0 Å². The lowest BCUT2D eigenvalue weighted by atomic mass is 9.99. The number of ether oxygens (including phenoxy) is 1. The molecule has 0 aromatic carbocycles. The number of aromatic nitrogens is 1. The van der Waals surface area contributed by atoms with Crippen LogP contribution < -0.4 is 0 Å². The highest BCUT2D eigenvalue weighted by molar-refractivity contribution is 5.11. The quantitative estimate of drug-likeness (QED) is 0.852. The molecule has 0 bridgehead atoms. The van der Waals surface area contributed by atoms with Crippen molar-refractivity contribution in [3.05, 3.63) is 30.1 Å². The predicted molar refractivity (Wildman–Crippen MR) is 86.6 cm³/mol. The molecule has 2 atom stereocenters. The summed E-state index contributed by atoms with van der Waals surface area (Å²) in [4.78, 5) is 9.61. The molecule has 3 saturated heterocycles. The van der Waals surface area contributed by atoms with Crippen LogP contribution in [0.3, 0.4) is 0 Å². The van der Waals surface area contributed by atoms with Crippen LogP contribution in [0, 0.1) is 5.92 Å². The van der Waals surface area contributed by atoms with E-state index in [2.05, 4.69) is 26.9 Å². The molecule has 0 N–H and O–H groups in total. The maximum absolute atomic E-state index is 5.50. The van der Waals surface area contributed by atoms with Crippen LogP contribution in [-0.4, -0.2) is 59.7 Å². The molecule has 4 rings (SSSR count). The maximum atomic E-state index is 5.50. The van der Waals surface area contributed by atoms with Gasteiger partial charge in [-0.05, 0) is 49.3 Å². The summed E-state index contributed by atoms with van der Waals surface area (Å²) in [5, 5.41) is 0. The molecule has 1 aromatic heterocycles. The number of likely N-dealkylation sites (tertiary alicyclic amines) is 2. The first-order valence-corrected chi connectivity index (χ1v) is 8.85. The lowest BCUT2D eigenvalue weighted by molar-refractivity contribution is 0.0504. The van der Waals surface area contributed by atoms with Crippen LogP contribution in [0.2, 0.25) is 0 Å². The highest BCUT2D eigenvalue weighted by Crippen LogP contribution is 2.33. The number of hydrogen-bond acceptors (Lipinski definition) is 4. The minimum absolute atomic E-state index is 0.771. The predicted octanol–water partition coefficient (Wildman–Crippen LogP) is 2.16. The van der Waals surface area contributed by atoms with Crippen molar-refractivity contribution in [1.82, 2.24) is 14.8 Å². The smallest absolute Gasteiger partial charge is 0.0469 e. The molecular formula is C18H27N3O. The lowest BCUT2D eigenvalue weighted by Gasteiger charge is -2.30. The normalized spacial score (nSPS) is 30.7. The molecule has 0 radical (unpaired) electrons. The fourth-order valence-electron chi connectivity index (χ4n) is 4.57. The van der Waals surface area contributed by atoms with E-state index in [0.29, 0.717) is 0 Å². The van der Waals surface area contributed by atoms with Crippen LogP contribution in [0.4, 0.5) is 0 Å². The van der Waals surface area contributed by atoms with Crippen LogP contribution in [0.25, 0.3) is 0 Å². The second-order valence-corrected chi connectivity index (χ2v) is 7.09. The molecule has 3 fully saturated rings. The summed E-state index contributed by atoms with van der Waals surface area (Å²) in [6.45, 7) is 6.88. The van der Waals surface area contributed by atoms with Gasteiger partial charge in [-0.1, -0.05) is 0 Å². The van der Waals surface area contributed by atoms with Crippen molar-refractivity contribution in [3.63, 3.8) is 0 Å². The molecule has 1 aromatic rings. The van der Waals surface area contributed by atoms with Gasteiger partial charge in [0.25, 0.3) is 0 Å². The molecular weight excluding hydrogens is 274 g/mol. The Labute approximate surface area is 133 Å². The zero-order chi connectivity index (χ0) is 14.8. The summed E-state index contributed by atoms with van der Waals surface area (Å²) < 4.78 is 5.50. The van der Waals surface area contributed by atoms with Gasteiger partial charge in [-0.25, -0.2) is 0 Å². The second kappa shape index (κ2) is 6.65. The van der Waals surface area contributed by atoms with Gasteiger partial charge in [0.05, 0.1) is 0 Å². The number of hydrogen-bond donors (Lipinski definition) is 0. The van der Waals surface area contributed by atoms with Crippen molar-refractivity contribution in [2.24, 2.45) is 5.92 Å². The Morgan fingerprint density at radius 1 is 0.955 bits per heavy atom. The van der Waals surface area contributed by atoms with E-state index in [9.17, 15) is 0 Å². The van der Waals surface area contributed by atoms with Crippen molar-refractivity contribution < 1.29 is 4.74 Å². The number of rotatable bonds is 4. The van der Waals surface area contributed by atoms with Crippen molar-refractivity contribution in [3.8, 4) is 0 Å². The first-order valence-electron chi connectivity index (χ1n) is 8.85. The van der Waals surface area contributed by atoms with Gasteiger partial charge in [0.15, 0.2) is 0 Å². The van der Waals surface area contributed by atoms with Crippen LogP contribution in [-0.2, 0) is 11.3 Å². The topological polar surface area (TPSA) is 28.6 Å². The Morgan fingerprint density at radius 3 is 2.41 bits per heavy atom. The van der Waals surface area contributed by atoms with E-state index >= 15 is 0 Å². The number of nitrogens with zero attached hydrogens (tertiary/aromatic N) is 3. The lowest BCUT2D eigenvalue weighted by Crippen LogP contribution is -2.39. The molecule has 0 saturated carbocycles.